The summed E-state index contributed by atoms with van der Waals surface area (Å²) in [6, 6.07) is 15.3. The van der Waals surface area contributed by atoms with Gasteiger partial charge in [-0.2, -0.15) is 16.7 Å². The third kappa shape index (κ3) is 3.63. The number of amides is 1. The first-order chi connectivity index (χ1) is 13.7. The summed E-state index contributed by atoms with van der Waals surface area (Å²) < 4.78 is 7.03. The van der Waals surface area contributed by atoms with E-state index in [1.807, 2.05) is 59.4 Å². The Bertz CT molecular complexity index is 1130. The Kier molecular flexibility index (Phi) is 5.12. The van der Waals surface area contributed by atoms with E-state index in [2.05, 4.69) is 20.4 Å². The van der Waals surface area contributed by atoms with Crippen LogP contribution in [0.4, 0.5) is 5.69 Å². The Balaban J connectivity index is 1.61. The number of carbonyl (C=O) groups excluding carboxylic acids is 1. The predicted octanol–water partition coefficient (Wildman–Crippen LogP) is 3.90. The Labute approximate surface area is 166 Å². The largest absolute Gasteiger partial charge is 0.339 e. The molecule has 142 valence electrons. The van der Waals surface area contributed by atoms with Gasteiger partial charge in [0.05, 0.1) is 22.5 Å². The van der Waals surface area contributed by atoms with Crippen LogP contribution in [0.3, 0.4) is 0 Å². The minimum absolute atomic E-state index is 0.141. The van der Waals surface area contributed by atoms with Crippen molar-refractivity contribution in [2.75, 3.05) is 11.6 Å². The third-order valence-electron chi connectivity index (χ3n) is 4.28. The van der Waals surface area contributed by atoms with Crippen molar-refractivity contribution in [1.29, 1.82) is 0 Å². The number of benzene rings is 2. The maximum Gasteiger partial charge on any atom is 0.244 e. The number of thioether (sulfide) groups is 1. The van der Waals surface area contributed by atoms with Crippen LogP contribution < -0.4 is 5.32 Å². The van der Waals surface area contributed by atoms with E-state index in [1.165, 1.54) is 0 Å². The monoisotopic (exact) mass is 393 g/mol. The molecule has 0 bridgehead atoms. The molecule has 8 heteroatoms. The second-order valence-electron chi connectivity index (χ2n) is 6.27. The minimum Gasteiger partial charge on any atom is -0.339 e. The maximum absolute atomic E-state index is 12.8. The molecule has 0 fully saturated rings. The van der Waals surface area contributed by atoms with Gasteiger partial charge in [-0.3, -0.25) is 4.79 Å². The van der Waals surface area contributed by atoms with Gasteiger partial charge in [0.25, 0.3) is 0 Å². The molecular formula is C20H19N5O2S. The number of anilines is 1. The molecule has 0 atom stereocenters. The molecule has 0 saturated heterocycles. The lowest BCUT2D eigenvalue weighted by molar-refractivity contribution is -0.116. The quantitative estimate of drug-likeness (QED) is 0.535. The molecule has 28 heavy (non-hydrogen) atoms. The topological polar surface area (TPSA) is 85.8 Å². The molecule has 1 amide bonds. The first-order valence-corrected chi connectivity index (χ1v) is 10.2. The lowest BCUT2D eigenvalue weighted by Gasteiger charge is -2.11. The zero-order valence-corrected chi connectivity index (χ0v) is 16.4. The molecule has 1 N–H and O–H groups in total. The van der Waals surface area contributed by atoms with Crippen LogP contribution in [0.15, 0.2) is 53.1 Å². The summed E-state index contributed by atoms with van der Waals surface area (Å²) >= 11 is 1.68. The van der Waals surface area contributed by atoms with Crippen LogP contribution >= 0.6 is 11.8 Å². The first kappa shape index (κ1) is 18.2. The summed E-state index contributed by atoms with van der Waals surface area (Å²) in [6.07, 6.45) is 2.02. The number of aromatic nitrogens is 4. The summed E-state index contributed by atoms with van der Waals surface area (Å²) in [5.41, 5.74) is 3.20. The average molecular weight is 393 g/mol. The Morgan fingerprint density at radius 3 is 2.71 bits per heavy atom. The molecule has 0 saturated carbocycles. The lowest BCUT2D eigenvalue weighted by atomic mass is 10.1. The molecule has 2 aromatic carbocycles. The number of carbonyl (C=O) groups is 1. The number of nitrogens with one attached hydrogen (secondary N) is 1. The number of rotatable bonds is 6. The van der Waals surface area contributed by atoms with E-state index in [-0.39, 0.29) is 12.5 Å². The average Bonchev–Trinajstić information content (AvgIpc) is 3.27. The fourth-order valence-corrected chi connectivity index (χ4v) is 3.55. The van der Waals surface area contributed by atoms with Crippen molar-refractivity contribution in [3.63, 3.8) is 0 Å². The highest BCUT2D eigenvalue weighted by molar-refractivity contribution is 7.97. The molecule has 0 aliphatic heterocycles. The molecule has 0 aliphatic rings. The molecular weight excluding hydrogens is 374 g/mol. The normalized spacial score (nSPS) is 11.1. The van der Waals surface area contributed by atoms with Crippen molar-refractivity contribution in [1.82, 2.24) is 19.7 Å². The molecule has 2 aromatic heterocycles. The summed E-state index contributed by atoms with van der Waals surface area (Å²) in [6.45, 7) is 1.91. The molecule has 7 nitrogen and oxygen atoms in total. The second-order valence-corrected chi connectivity index (χ2v) is 7.13. The van der Waals surface area contributed by atoms with E-state index in [1.54, 1.807) is 18.7 Å². The smallest absolute Gasteiger partial charge is 0.244 e. The highest BCUT2D eigenvalue weighted by Gasteiger charge is 2.16. The fraction of sp³-hybridized carbons (Fsp3) is 0.200. The second kappa shape index (κ2) is 7.85. The van der Waals surface area contributed by atoms with Crippen LogP contribution in [0.1, 0.15) is 11.7 Å². The lowest BCUT2D eigenvalue weighted by Crippen LogP contribution is -2.20. The van der Waals surface area contributed by atoms with Gasteiger partial charge in [-0.15, -0.1) is 0 Å². The minimum atomic E-state index is -0.141. The van der Waals surface area contributed by atoms with Crippen molar-refractivity contribution >= 4 is 34.4 Å². The third-order valence-corrected chi connectivity index (χ3v) is 4.83. The van der Waals surface area contributed by atoms with Crippen molar-refractivity contribution < 1.29 is 9.32 Å². The highest BCUT2D eigenvalue weighted by Crippen LogP contribution is 2.26. The summed E-state index contributed by atoms with van der Waals surface area (Å²) in [4.78, 5) is 21.8. The first-order valence-electron chi connectivity index (χ1n) is 8.78. The van der Waals surface area contributed by atoms with E-state index in [9.17, 15) is 4.79 Å². The van der Waals surface area contributed by atoms with Gasteiger partial charge in [-0.25, -0.2) is 4.98 Å². The highest BCUT2D eigenvalue weighted by atomic mass is 32.2. The fourth-order valence-electron chi connectivity index (χ4n) is 3.07. The Morgan fingerprint density at radius 2 is 1.93 bits per heavy atom. The zero-order valence-electron chi connectivity index (χ0n) is 15.5. The van der Waals surface area contributed by atoms with Crippen molar-refractivity contribution in [3.05, 3.63) is 60.2 Å². The van der Waals surface area contributed by atoms with Crippen molar-refractivity contribution in [2.24, 2.45) is 0 Å². The van der Waals surface area contributed by atoms with Crippen LogP contribution in [0, 0.1) is 6.92 Å². The number of imidazole rings is 1. The molecule has 4 rings (SSSR count). The molecule has 0 aliphatic carbocycles. The Hall–Kier alpha value is -3.13. The van der Waals surface area contributed by atoms with Gasteiger partial charge in [0.15, 0.2) is 0 Å². The molecule has 0 radical (unpaired) electrons. The van der Waals surface area contributed by atoms with Gasteiger partial charge in [0.2, 0.25) is 17.6 Å². The standard InChI is InChI=1S/C20H19N5O2S/c1-13-21-20(24-27-13)14-7-3-4-8-15(14)23-19(26)11-25-17-10-6-5-9-16(17)22-18(25)12-28-2/h3-10H,11-12H2,1-2H3,(H,23,26). The SMILES string of the molecule is CSCc1nc2ccccc2n1CC(=O)Nc1ccccc1-c1noc(C)n1. The van der Waals surface area contributed by atoms with Crippen molar-refractivity contribution in [3.8, 4) is 11.4 Å². The maximum atomic E-state index is 12.8. The van der Waals surface area contributed by atoms with Gasteiger partial charge < -0.3 is 14.4 Å². The summed E-state index contributed by atoms with van der Waals surface area (Å²) in [5, 5.41) is 6.93. The molecule has 4 aromatic rings. The van der Waals surface area contributed by atoms with Gasteiger partial charge >= 0.3 is 0 Å². The zero-order chi connectivity index (χ0) is 19.5. The molecule has 2 heterocycles. The number of aryl methyl sites for hydroxylation is 1. The van der Waals surface area contributed by atoms with E-state index >= 15 is 0 Å². The van der Waals surface area contributed by atoms with E-state index in [4.69, 9.17) is 4.52 Å². The number of hydrogen-bond acceptors (Lipinski definition) is 6. The van der Waals surface area contributed by atoms with Crippen LogP contribution in [-0.2, 0) is 17.1 Å². The van der Waals surface area contributed by atoms with E-state index in [0.29, 0.717) is 23.0 Å². The molecule has 0 unspecified atom stereocenters. The van der Waals surface area contributed by atoms with Gasteiger partial charge in [-0.05, 0) is 30.5 Å². The van der Waals surface area contributed by atoms with Crippen molar-refractivity contribution in [2.45, 2.75) is 19.2 Å². The predicted molar refractivity (Wildman–Crippen MR) is 110 cm³/mol. The van der Waals surface area contributed by atoms with E-state index < -0.39 is 0 Å². The van der Waals surface area contributed by atoms with Gasteiger partial charge in [0, 0.05) is 12.5 Å². The number of fused-ring (bicyclic) bond motifs is 1. The molecule has 0 spiro atoms. The number of para-hydroxylation sites is 3. The van der Waals surface area contributed by atoms with Gasteiger partial charge in [-0.1, -0.05) is 29.4 Å². The number of nitrogens with zero attached hydrogens (tertiary/aromatic N) is 4. The van der Waals surface area contributed by atoms with Gasteiger partial charge in [0.1, 0.15) is 12.4 Å². The van der Waals surface area contributed by atoms with Crippen LogP contribution in [0.25, 0.3) is 22.4 Å². The van der Waals surface area contributed by atoms with Crippen LogP contribution in [0.5, 0.6) is 0 Å². The number of hydrogen-bond donors (Lipinski definition) is 1. The summed E-state index contributed by atoms with van der Waals surface area (Å²) in [5.74, 6) is 2.40. The Morgan fingerprint density at radius 1 is 1.14 bits per heavy atom. The van der Waals surface area contributed by atoms with E-state index in [0.717, 1.165) is 22.6 Å². The van der Waals surface area contributed by atoms with Crippen LogP contribution in [-0.4, -0.2) is 31.9 Å². The van der Waals surface area contributed by atoms with Crippen LogP contribution in [0.2, 0.25) is 0 Å². The summed E-state index contributed by atoms with van der Waals surface area (Å²) in [7, 11) is 0.